The predicted molar refractivity (Wildman–Crippen MR) is 80.0 cm³/mol. The van der Waals surface area contributed by atoms with E-state index in [1.54, 1.807) is 6.92 Å². The smallest absolute Gasteiger partial charge is 0.317 e. The Bertz CT molecular complexity index is 413. The average molecular weight is 300 g/mol. The number of carbonyl (C=O) groups excluding carboxylic acids is 1. The van der Waals surface area contributed by atoms with Crippen LogP contribution in [0.25, 0.3) is 0 Å². The van der Waals surface area contributed by atoms with Crippen LogP contribution in [0.15, 0.2) is 0 Å². The summed E-state index contributed by atoms with van der Waals surface area (Å²) in [7, 11) is 0. The minimum atomic E-state index is -0.824. The number of nitrogens with one attached hydrogen (secondary N) is 1. The zero-order valence-electron chi connectivity index (χ0n) is 12.4. The number of thioether (sulfide) groups is 1. The molecule has 0 aromatic heterocycles. The van der Waals surface area contributed by atoms with E-state index in [0.29, 0.717) is 13.0 Å². The Labute approximate surface area is 124 Å². The molecule has 0 aromatic carbocycles. The van der Waals surface area contributed by atoms with Gasteiger partial charge in [-0.2, -0.15) is 11.8 Å². The van der Waals surface area contributed by atoms with Gasteiger partial charge in [-0.15, -0.1) is 0 Å². The lowest BCUT2D eigenvalue weighted by atomic mass is 9.85. The van der Waals surface area contributed by atoms with Gasteiger partial charge in [0, 0.05) is 29.6 Å². The van der Waals surface area contributed by atoms with Crippen LogP contribution in [0.4, 0.5) is 4.79 Å². The lowest BCUT2D eigenvalue weighted by Gasteiger charge is -2.39. The summed E-state index contributed by atoms with van der Waals surface area (Å²) in [6.45, 7) is 7.45. The van der Waals surface area contributed by atoms with E-state index < -0.39 is 11.4 Å². The number of carboxylic acids is 1. The molecule has 1 aliphatic heterocycles. The van der Waals surface area contributed by atoms with Crippen molar-refractivity contribution in [3.8, 4) is 0 Å². The van der Waals surface area contributed by atoms with Crippen molar-refractivity contribution >= 4 is 23.8 Å². The van der Waals surface area contributed by atoms with Crippen molar-refractivity contribution in [2.75, 3.05) is 18.8 Å². The molecule has 0 spiro atoms. The second-order valence-corrected chi connectivity index (χ2v) is 8.45. The maximum absolute atomic E-state index is 12.4. The molecule has 20 heavy (non-hydrogen) atoms. The van der Waals surface area contributed by atoms with E-state index in [1.165, 1.54) is 0 Å². The van der Waals surface area contributed by atoms with Crippen LogP contribution in [0.1, 0.15) is 40.0 Å². The van der Waals surface area contributed by atoms with Gasteiger partial charge in [0.25, 0.3) is 0 Å². The summed E-state index contributed by atoms with van der Waals surface area (Å²) >= 11 is 1.87. The molecule has 1 saturated carbocycles. The molecule has 1 aliphatic carbocycles. The van der Waals surface area contributed by atoms with E-state index in [1.807, 2.05) is 16.7 Å². The first-order chi connectivity index (χ1) is 9.24. The highest BCUT2D eigenvalue weighted by Gasteiger charge is 2.46. The monoisotopic (exact) mass is 300 g/mol. The average Bonchev–Trinajstić information content (AvgIpc) is 2.71. The van der Waals surface area contributed by atoms with E-state index in [9.17, 15) is 14.7 Å². The van der Waals surface area contributed by atoms with Crippen molar-refractivity contribution in [1.82, 2.24) is 10.2 Å². The fourth-order valence-electron chi connectivity index (χ4n) is 3.08. The third kappa shape index (κ3) is 3.05. The molecule has 6 heteroatoms. The number of carbonyl (C=O) groups is 2. The van der Waals surface area contributed by atoms with Crippen molar-refractivity contribution in [2.24, 2.45) is 5.41 Å². The maximum atomic E-state index is 12.4. The Morgan fingerprint density at radius 2 is 2.05 bits per heavy atom. The molecule has 1 saturated heterocycles. The van der Waals surface area contributed by atoms with Crippen molar-refractivity contribution < 1.29 is 14.7 Å². The van der Waals surface area contributed by atoms with Gasteiger partial charge in [-0.1, -0.05) is 6.42 Å². The molecule has 2 aliphatic rings. The summed E-state index contributed by atoms with van der Waals surface area (Å²) in [6, 6.07) is -0.372. The zero-order valence-corrected chi connectivity index (χ0v) is 13.3. The third-order valence-electron chi connectivity index (χ3n) is 4.46. The van der Waals surface area contributed by atoms with Crippen LogP contribution in [0.3, 0.4) is 0 Å². The molecule has 2 amide bonds. The lowest BCUT2D eigenvalue weighted by molar-refractivity contribution is -0.148. The van der Waals surface area contributed by atoms with Gasteiger partial charge < -0.3 is 15.3 Å². The van der Waals surface area contributed by atoms with Crippen LogP contribution in [0.5, 0.6) is 0 Å². The van der Waals surface area contributed by atoms with Gasteiger partial charge in [0.1, 0.15) is 0 Å². The first-order valence-corrected chi connectivity index (χ1v) is 8.16. The Balaban J connectivity index is 1.99. The van der Waals surface area contributed by atoms with E-state index in [0.717, 1.165) is 25.1 Å². The Hall–Kier alpha value is -0.910. The first kappa shape index (κ1) is 15.5. The lowest BCUT2D eigenvalue weighted by Crippen LogP contribution is -2.55. The molecule has 0 aromatic rings. The van der Waals surface area contributed by atoms with Crippen LogP contribution in [0.2, 0.25) is 0 Å². The van der Waals surface area contributed by atoms with E-state index >= 15 is 0 Å². The number of carboxylic acid groups (broad SMARTS) is 1. The highest BCUT2D eigenvalue weighted by atomic mass is 32.2. The van der Waals surface area contributed by atoms with Crippen LogP contribution < -0.4 is 5.32 Å². The minimum absolute atomic E-state index is 0.0708. The van der Waals surface area contributed by atoms with Crippen LogP contribution in [0, 0.1) is 5.41 Å². The molecule has 2 unspecified atom stereocenters. The van der Waals surface area contributed by atoms with Gasteiger partial charge in [0.2, 0.25) is 0 Å². The topological polar surface area (TPSA) is 69.6 Å². The SMILES string of the molecule is CC1(C)CN(C(=O)NC2CCCC2(C)C(=O)O)CCS1. The summed E-state index contributed by atoms with van der Waals surface area (Å²) in [5, 5.41) is 12.3. The van der Waals surface area contributed by atoms with Crippen molar-refractivity contribution in [2.45, 2.75) is 50.8 Å². The van der Waals surface area contributed by atoms with Gasteiger partial charge in [0.05, 0.1) is 5.41 Å². The van der Waals surface area contributed by atoms with E-state index in [4.69, 9.17) is 0 Å². The molecule has 2 atom stereocenters. The minimum Gasteiger partial charge on any atom is -0.481 e. The summed E-state index contributed by atoms with van der Waals surface area (Å²) in [4.78, 5) is 25.6. The van der Waals surface area contributed by atoms with Crippen molar-refractivity contribution in [3.63, 3.8) is 0 Å². The third-order valence-corrected chi connectivity index (χ3v) is 5.75. The van der Waals surface area contributed by atoms with Gasteiger partial charge >= 0.3 is 12.0 Å². The Morgan fingerprint density at radius 1 is 1.35 bits per heavy atom. The van der Waals surface area contributed by atoms with Gasteiger partial charge in [-0.05, 0) is 33.6 Å². The molecule has 2 N–H and O–H groups in total. The summed E-state index contributed by atoms with van der Waals surface area (Å²) in [6.07, 6.45) is 2.24. The highest BCUT2D eigenvalue weighted by Crippen LogP contribution is 2.38. The van der Waals surface area contributed by atoms with Gasteiger partial charge in [-0.25, -0.2) is 4.79 Å². The molecule has 5 nitrogen and oxygen atoms in total. The standard InChI is InChI=1S/C14H24N2O3S/c1-13(2)9-16(7-8-20-13)12(19)15-10-5-4-6-14(10,3)11(17)18/h10H,4-9H2,1-3H3,(H,15,19)(H,17,18). The van der Waals surface area contributed by atoms with Gasteiger partial charge in [-0.3, -0.25) is 4.79 Å². The molecule has 114 valence electrons. The highest BCUT2D eigenvalue weighted by molar-refractivity contribution is 8.00. The fourth-order valence-corrected chi connectivity index (χ4v) is 4.20. The number of amides is 2. The number of urea groups is 1. The predicted octanol–water partition coefficient (Wildman–Crippen LogP) is 2.17. The molecule has 2 fully saturated rings. The Kier molecular flexibility index (Phi) is 4.23. The van der Waals surface area contributed by atoms with Crippen LogP contribution in [-0.2, 0) is 4.79 Å². The number of nitrogens with zero attached hydrogens (tertiary/aromatic N) is 1. The fraction of sp³-hybridized carbons (Fsp3) is 0.857. The van der Waals surface area contributed by atoms with Crippen LogP contribution >= 0.6 is 11.8 Å². The number of hydrogen-bond acceptors (Lipinski definition) is 3. The molecular weight excluding hydrogens is 276 g/mol. The van der Waals surface area contributed by atoms with E-state index in [2.05, 4.69) is 19.2 Å². The summed E-state index contributed by atoms with van der Waals surface area (Å²) in [5.74, 6) is 0.121. The Morgan fingerprint density at radius 3 is 2.65 bits per heavy atom. The second kappa shape index (κ2) is 5.47. The summed E-state index contributed by atoms with van der Waals surface area (Å²) in [5.41, 5.74) is -0.824. The van der Waals surface area contributed by atoms with E-state index in [-0.39, 0.29) is 16.8 Å². The number of hydrogen-bond donors (Lipinski definition) is 2. The normalized spacial score (nSPS) is 33.0. The maximum Gasteiger partial charge on any atom is 0.317 e. The molecule has 0 radical (unpaired) electrons. The molecular formula is C14H24N2O3S. The van der Waals surface area contributed by atoms with Crippen molar-refractivity contribution in [3.05, 3.63) is 0 Å². The quantitative estimate of drug-likeness (QED) is 0.820. The molecule has 0 bridgehead atoms. The van der Waals surface area contributed by atoms with Crippen LogP contribution in [-0.4, -0.2) is 51.6 Å². The summed E-state index contributed by atoms with van der Waals surface area (Å²) < 4.78 is 0.0708. The zero-order chi connectivity index (χ0) is 15.0. The first-order valence-electron chi connectivity index (χ1n) is 7.17. The number of rotatable bonds is 2. The van der Waals surface area contributed by atoms with Crippen molar-refractivity contribution in [1.29, 1.82) is 0 Å². The van der Waals surface area contributed by atoms with Gasteiger partial charge in [0.15, 0.2) is 0 Å². The molecule has 1 heterocycles. The number of aliphatic carboxylic acids is 1. The largest absolute Gasteiger partial charge is 0.481 e. The second-order valence-electron chi connectivity index (χ2n) is 6.65. The molecule has 2 rings (SSSR count).